The molecular weight excluding hydrogens is 307 g/mol. The number of hydrazine groups is 1. The maximum Gasteiger partial charge on any atom is 0.110 e. The Bertz CT molecular complexity index is 583. The van der Waals surface area contributed by atoms with E-state index in [2.05, 4.69) is 21.9 Å². The molecule has 1 unspecified atom stereocenters. The first-order chi connectivity index (χ1) is 10.1. The number of rotatable bonds is 7. The third-order valence-electron chi connectivity index (χ3n) is 3.40. The van der Waals surface area contributed by atoms with Gasteiger partial charge in [0.25, 0.3) is 0 Å². The van der Waals surface area contributed by atoms with Crippen molar-refractivity contribution in [3.8, 4) is 0 Å². The summed E-state index contributed by atoms with van der Waals surface area (Å²) in [6, 6.07) is 5.76. The zero-order valence-corrected chi connectivity index (χ0v) is 13.5. The van der Waals surface area contributed by atoms with Gasteiger partial charge in [0, 0.05) is 31.4 Å². The number of aryl methyl sites for hydroxylation is 1. The SMILES string of the molecule is CCCn1ccnc1CC(Cc1ccc(Cl)c(Cl)c1)NN. The van der Waals surface area contributed by atoms with Crippen LogP contribution in [0, 0.1) is 0 Å². The van der Waals surface area contributed by atoms with Crippen LogP contribution in [-0.2, 0) is 19.4 Å². The Hall–Kier alpha value is -1.07. The third kappa shape index (κ3) is 4.45. The van der Waals surface area contributed by atoms with Gasteiger partial charge in [-0.15, -0.1) is 0 Å². The lowest BCUT2D eigenvalue weighted by atomic mass is 10.0. The molecular formula is C15H20Cl2N4. The molecule has 0 aliphatic rings. The monoisotopic (exact) mass is 326 g/mol. The molecule has 3 N–H and O–H groups in total. The van der Waals surface area contributed by atoms with Gasteiger partial charge >= 0.3 is 0 Å². The number of benzene rings is 1. The molecule has 2 rings (SSSR count). The van der Waals surface area contributed by atoms with Crippen molar-refractivity contribution in [2.24, 2.45) is 5.84 Å². The van der Waals surface area contributed by atoms with Gasteiger partial charge in [-0.25, -0.2) is 4.98 Å². The molecule has 1 aromatic heterocycles. The molecule has 1 atom stereocenters. The van der Waals surface area contributed by atoms with Gasteiger partial charge in [-0.05, 0) is 30.5 Å². The number of imidazole rings is 1. The zero-order chi connectivity index (χ0) is 15.2. The van der Waals surface area contributed by atoms with Gasteiger partial charge in [0.15, 0.2) is 0 Å². The minimum atomic E-state index is 0.0975. The van der Waals surface area contributed by atoms with Crippen molar-refractivity contribution in [2.75, 3.05) is 0 Å². The molecule has 0 amide bonds. The molecule has 0 saturated heterocycles. The van der Waals surface area contributed by atoms with E-state index in [1.54, 1.807) is 0 Å². The number of halogens is 2. The third-order valence-corrected chi connectivity index (χ3v) is 4.14. The Morgan fingerprint density at radius 2 is 2.10 bits per heavy atom. The zero-order valence-electron chi connectivity index (χ0n) is 12.0. The minimum absolute atomic E-state index is 0.0975. The van der Waals surface area contributed by atoms with E-state index in [9.17, 15) is 0 Å². The van der Waals surface area contributed by atoms with Crippen molar-refractivity contribution in [1.29, 1.82) is 0 Å². The second-order valence-electron chi connectivity index (χ2n) is 5.06. The first-order valence-corrected chi connectivity index (χ1v) is 7.79. The molecule has 2 aromatic rings. The van der Waals surface area contributed by atoms with E-state index in [0.29, 0.717) is 10.0 Å². The van der Waals surface area contributed by atoms with Crippen LogP contribution in [0.15, 0.2) is 30.6 Å². The molecule has 4 nitrogen and oxygen atoms in total. The molecule has 114 valence electrons. The molecule has 0 bridgehead atoms. The standard InChI is InChI=1S/C15H20Cl2N4/c1-2-6-21-7-5-19-15(21)10-12(20-18)8-11-3-4-13(16)14(17)9-11/h3-5,7,9,12,20H,2,6,8,10,18H2,1H3. The molecule has 0 aliphatic carbocycles. The lowest BCUT2D eigenvalue weighted by molar-refractivity contribution is 0.495. The van der Waals surface area contributed by atoms with Crippen molar-refractivity contribution >= 4 is 23.2 Å². The largest absolute Gasteiger partial charge is 0.335 e. The average Bonchev–Trinajstić information content (AvgIpc) is 2.90. The fourth-order valence-corrected chi connectivity index (χ4v) is 2.66. The van der Waals surface area contributed by atoms with Crippen molar-refractivity contribution in [1.82, 2.24) is 15.0 Å². The first kappa shape index (κ1) is 16.3. The first-order valence-electron chi connectivity index (χ1n) is 7.04. The average molecular weight is 327 g/mol. The summed E-state index contributed by atoms with van der Waals surface area (Å²) in [5.74, 6) is 6.72. The van der Waals surface area contributed by atoms with Gasteiger partial charge in [0.2, 0.25) is 0 Å². The second-order valence-corrected chi connectivity index (χ2v) is 5.87. The van der Waals surface area contributed by atoms with E-state index in [-0.39, 0.29) is 6.04 Å². The van der Waals surface area contributed by atoms with Crippen LogP contribution < -0.4 is 11.3 Å². The highest BCUT2D eigenvalue weighted by molar-refractivity contribution is 6.42. The second kappa shape index (κ2) is 7.80. The Labute approximate surface area is 135 Å². The molecule has 6 heteroatoms. The summed E-state index contributed by atoms with van der Waals surface area (Å²) in [5.41, 5.74) is 3.96. The molecule has 0 fully saturated rings. The van der Waals surface area contributed by atoms with Gasteiger partial charge in [-0.1, -0.05) is 36.2 Å². The molecule has 1 heterocycles. The number of nitrogens with one attached hydrogen (secondary N) is 1. The van der Waals surface area contributed by atoms with Crippen LogP contribution in [0.2, 0.25) is 10.0 Å². The van der Waals surface area contributed by atoms with Crippen molar-refractivity contribution in [3.63, 3.8) is 0 Å². The van der Waals surface area contributed by atoms with Crippen LogP contribution in [0.5, 0.6) is 0 Å². The van der Waals surface area contributed by atoms with Gasteiger partial charge in [0.1, 0.15) is 5.82 Å². The highest BCUT2D eigenvalue weighted by Crippen LogP contribution is 2.23. The Morgan fingerprint density at radius 1 is 1.29 bits per heavy atom. The maximum atomic E-state index is 6.05. The molecule has 0 aliphatic heterocycles. The summed E-state index contributed by atoms with van der Waals surface area (Å²) >= 11 is 12.0. The fourth-order valence-electron chi connectivity index (χ4n) is 2.34. The van der Waals surface area contributed by atoms with E-state index >= 15 is 0 Å². The van der Waals surface area contributed by atoms with Crippen molar-refractivity contribution in [2.45, 2.75) is 38.8 Å². The van der Waals surface area contributed by atoms with Crippen molar-refractivity contribution in [3.05, 3.63) is 52.0 Å². The molecule has 1 aromatic carbocycles. The molecule has 0 spiro atoms. The predicted octanol–water partition coefficient (Wildman–Crippen LogP) is 3.22. The summed E-state index contributed by atoms with van der Waals surface area (Å²) in [5, 5.41) is 1.13. The maximum absolute atomic E-state index is 6.05. The summed E-state index contributed by atoms with van der Waals surface area (Å²) in [7, 11) is 0. The highest BCUT2D eigenvalue weighted by Gasteiger charge is 2.13. The van der Waals surface area contributed by atoms with Crippen LogP contribution in [0.1, 0.15) is 24.7 Å². The van der Waals surface area contributed by atoms with Crippen molar-refractivity contribution < 1.29 is 0 Å². The fraction of sp³-hybridized carbons (Fsp3) is 0.400. The van der Waals surface area contributed by atoms with Gasteiger partial charge in [-0.2, -0.15) is 0 Å². The van der Waals surface area contributed by atoms with Gasteiger partial charge < -0.3 is 4.57 Å². The summed E-state index contributed by atoms with van der Waals surface area (Å²) in [6.07, 6.45) is 6.45. The van der Waals surface area contributed by atoms with E-state index < -0.39 is 0 Å². The number of hydrogen-bond acceptors (Lipinski definition) is 3. The van der Waals surface area contributed by atoms with Crippen LogP contribution in [0.25, 0.3) is 0 Å². The number of hydrogen-bond donors (Lipinski definition) is 2. The highest BCUT2D eigenvalue weighted by atomic mass is 35.5. The molecule has 0 radical (unpaired) electrons. The van der Waals surface area contributed by atoms with Crippen LogP contribution in [0.3, 0.4) is 0 Å². The number of aromatic nitrogens is 2. The smallest absolute Gasteiger partial charge is 0.110 e. The van der Waals surface area contributed by atoms with E-state index in [1.807, 2.05) is 30.6 Å². The van der Waals surface area contributed by atoms with E-state index in [4.69, 9.17) is 29.0 Å². The minimum Gasteiger partial charge on any atom is -0.335 e. The summed E-state index contributed by atoms with van der Waals surface area (Å²) in [6.45, 7) is 3.12. The Kier molecular flexibility index (Phi) is 6.06. The quantitative estimate of drug-likeness (QED) is 0.606. The van der Waals surface area contributed by atoms with Crippen LogP contribution in [-0.4, -0.2) is 15.6 Å². The van der Waals surface area contributed by atoms with Gasteiger partial charge in [0.05, 0.1) is 10.0 Å². The normalized spacial score (nSPS) is 12.6. The van der Waals surface area contributed by atoms with Crippen LogP contribution in [0.4, 0.5) is 0 Å². The molecule has 0 saturated carbocycles. The lowest BCUT2D eigenvalue weighted by Crippen LogP contribution is -2.39. The Balaban J connectivity index is 2.05. The van der Waals surface area contributed by atoms with E-state index in [0.717, 1.165) is 37.2 Å². The van der Waals surface area contributed by atoms with Gasteiger partial charge in [-0.3, -0.25) is 11.3 Å². The molecule has 21 heavy (non-hydrogen) atoms. The van der Waals surface area contributed by atoms with Crippen LogP contribution >= 0.6 is 23.2 Å². The summed E-state index contributed by atoms with van der Waals surface area (Å²) in [4.78, 5) is 4.42. The lowest BCUT2D eigenvalue weighted by Gasteiger charge is -2.17. The predicted molar refractivity (Wildman–Crippen MR) is 87.5 cm³/mol. The Morgan fingerprint density at radius 3 is 2.76 bits per heavy atom. The number of nitrogens with two attached hydrogens (primary N) is 1. The summed E-state index contributed by atoms with van der Waals surface area (Å²) < 4.78 is 2.17. The number of nitrogens with zero attached hydrogens (tertiary/aromatic N) is 2. The van der Waals surface area contributed by atoms with E-state index in [1.165, 1.54) is 0 Å². The topological polar surface area (TPSA) is 55.9 Å².